The number of nitrogens with zero attached hydrogens (tertiary/aromatic N) is 2. The van der Waals surface area contributed by atoms with Crippen LogP contribution in [-0.2, 0) is 12.8 Å². The average Bonchev–Trinajstić information content (AvgIpc) is 3.98. The van der Waals surface area contributed by atoms with Crippen LogP contribution in [0.2, 0.25) is 0 Å². The maximum absolute atomic E-state index is 2.54. The van der Waals surface area contributed by atoms with E-state index in [-0.39, 0.29) is 0 Å². The summed E-state index contributed by atoms with van der Waals surface area (Å²) < 4.78 is 4.99. The quantitative estimate of drug-likeness (QED) is 0.174. The van der Waals surface area contributed by atoms with E-state index in [2.05, 4.69) is 179 Å². The van der Waals surface area contributed by atoms with E-state index in [0.29, 0.717) is 0 Å². The molecule has 0 fully saturated rings. The summed E-state index contributed by atoms with van der Waals surface area (Å²) in [6.07, 6.45) is 15.5. The molecule has 7 aromatic carbocycles. The SMILES string of the molecule is C1=CCCC(n2c3ccccc3c3ccc4c5ccccc5n(C=Cc5cccc6c5-c5cc(-c7cccc8c7Cc7ccccc7-8)ccc5C6)c4c32)=C1. The van der Waals surface area contributed by atoms with Crippen molar-refractivity contribution < 1.29 is 0 Å². The highest BCUT2D eigenvalue weighted by molar-refractivity contribution is 6.24. The second kappa shape index (κ2) is 11.4. The van der Waals surface area contributed by atoms with Crippen molar-refractivity contribution in [3.63, 3.8) is 0 Å². The molecule has 0 saturated carbocycles. The first-order chi connectivity index (χ1) is 26.8. The summed E-state index contributed by atoms with van der Waals surface area (Å²) in [5.41, 5.74) is 21.4. The fourth-order valence-electron chi connectivity index (χ4n) is 9.92. The van der Waals surface area contributed by atoms with Crippen LogP contribution in [0.25, 0.3) is 95.0 Å². The molecule has 0 N–H and O–H groups in total. The van der Waals surface area contributed by atoms with E-state index in [9.17, 15) is 0 Å². The summed E-state index contributed by atoms with van der Waals surface area (Å²) in [7, 11) is 0. The standard InChI is InChI=1S/C52H36N2/c1-2-15-38(16-3-1)54-49-23-9-7-19-43(49)45-27-26-44-42-18-6-8-22-48(42)53(51(44)52(45)54)29-28-33-13-10-14-37-30-35-24-25-36(31-46(35)50(33)37)40-20-11-21-41-39-17-5-4-12-34(39)32-47(40)41/h1-2,4-15,17-29,31H,3,16,30,32H2. The predicted octanol–water partition coefficient (Wildman–Crippen LogP) is 13.5. The topological polar surface area (TPSA) is 9.86 Å². The Hall–Kier alpha value is -6.64. The van der Waals surface area contributed by atoms with E-state index in [1.54, 1.807) is 0 Å². The lowest BCUT2D eigenvalue weighted by atomic mass is 9.92. The van der Waals surface area contributed by atoms with Crippen LogP contribution in [0.1, 0.15) is 40.7 Å². The van der Waals surface area contributed by atoms with Crippen molar-refractivity contribution in [3.8, 4) is 33.4 Å². The van der Waals surface area contributed by atoms with E-state index >= 15 is 0 Å². The van der Waals surface area contributed by atoms with Gasteiger partial charge in [-0.25, -0.2) is 0 Å². The maximum Gasteiger partial charge on any atom is 0.0786 e. The van der Waals surface area contributed by atoms with Gasteiger partial charge in [0.15, 0.2) is 0 Å². The van der Waals surface area contributed by atoms with Gasteiger partial charge in [-0.1, -0.05) is 133 Å². The molecule has 2 heteroatoms. The number of hydrogen-bond acceptors (Lipinski definition) is 0. The molecule has 254 valence electrons. The Kier molecular flexibility index (Phi) is 6.32. The molecule has 12 rings (SSSR count). The zero-order valence-corrected chi connectivity index (χ0v) is 29.9. The molecule has 0 spiro atoms. The third-order valence-electron chi connectivity index (χ3n) is 12.3. The predicted molar refractivity (Wildman–Crippen MR) is 229 cm³/mol. The molecule has 0 atom stereocenters. The van der Waals surface area contributed by atoms with E-state index in [4.69, 9.17) is 0 Å². The van der Waals surface area contributed by atoms with Gasteiger partial charge < -0.3 is 9.13 Å². The summed E-state index contributed by atoms with van der Waals surface area (Å²) in [6, 6.07) is 52.2. The van der Waals surface area contributed by atoms with Crippen LogP contribution in [0.5, 0.6) is 0 Å². The molecule has 54 heavy (non-hydrogen) atoms. The van der Waals surface area contributed by atoms with Crippen molar-refractivity contribution >= 4 is 61.6 Å². The number of para-hydroxylation sites is 2. The number of benzene rings is 7. The lowest BCUT2D eigenvalue weighted by Crippen LogP contribution is -2.00. The highest BCUT2D eigenvalue weighted by Crippen LogP contribution is 2.46. The lowest BCUT2D eigenvalue weighted by molar-refractivity contribution is 0.979. The molecular formula is C52H36N2. The molecule has 0 radical (unpaired) electrons. The van der Waals surface area contributed by atoms with Gasteiger partial charge in [0.25, 0.3) is 0 Å². The van der Waals surface area contributed by atoms with Crippen LogP contribution in [0.3, 0.4) is 0 Å². The van der Waals surface area contributed by atoms with Crippen molar-refractivity contribution in [3.05, 3.63) is 186 Å². The zero-order chi connectivity index (χ0) is 35.3. The smallest absolute Gasteiger partial charge is 0.0786 e. The molecule has 2 nitrogen and oxygen atoms in total. The van der Waals surface area contributed by atoms with Gasteiger partial charge in [0.1, 0.15) is 0 Å². The molecule has 0 bridgehead atoms. The molecule has 3 aliphatic rings. The Bertz CT molecular complexity index is 3160. The third-order valence-corrected chi connectivity index (χ3v) is 12.3. The van der Waals surface area contributed by atoms with Gasteiger partial charge in [0, 0.05) is 33.4 Å². The minimum absolute atomic E-state index is 0.963. The van der Waals surface area contributed by atoms with Gasteiger partial charge in [-0.15, -0.1) is 0 Å². The first-order valence-corrected chi connectivity index (χ1v) is 19.2. The monoisotopic (exact) mass is 688 g/mol. The van der Waals surface area contributed by atoms with Gasteiger partial charge in [0.2, 0.25) is 0 Å². The summed E-state index contributed by atoms with van der Waals surface area (Å²) in [6.45, 7) is 0. The Balaban J connectivity index is 1.05. The van der Waals surface area contributed by atoms with Gasteiger partial charge in [-0.2, -0.15) is 0 Å². The van der Waals surface area contributed by atoms with E-state index < -0.39 is 0 Å². The first kappa shape index (κ1) is 29.9. The Morgan fingerprint density at radius 2 is 1.24 bits per heavy atom. The van der Waals surface area contributed by atoms with Crippen molar-refractivity contribution in [2.75, 3.05) is 0 Å². The molecular weight excluding hydrogens is 653 g/mol. The third kappa shape index (κ3) is 4.22. The minimum atomic E-state index is 0.963. The fraction of sp³-hybridized carbons (Fsp3) is 0.0769. The van der Waals surface area contributed by atoms with Gasteiger partial charge >= 0.3 is 0 Å². The zero-order valence-electron chi connectivity index (χ0n) is 29.9. The second-order valence-electron chi connectivity index (χ2n) is 15.1. The van der Waals surface area contributed by atoms with Gasteiger partial charge in [0.05, 0.1) is 22.1 Å². The van der Waals surface area contributed by atoms with Crippen molar-refractivity contribution in [1.29, 1.82) is 0 Å². The number of aromatic nitrogens is 2. The van der Waals surface area contributed by atoms with E-state index in [1.807, 2.05) is 0 Å². The van der Waals surface area contributed by atoms with Crippen LogP contribution in [0, 0.1) is 0 Å². The Morgan fingerprint density at radius 3 is 2.13 bits per heavy atom. The molecule has 0 unspecified atom stereocenters. The van der Waals surface area contributed by atoms with Crippen molar-refractivity contribution in [2.24, 2.45) is 0 Å². The molecule has 0 amide bonds. The average molecular weight is 689 g/mol. The number of fused-ring (bicyclic) bond motifs is 13. The summed E-state index contributed by atoms with van der Waals surface area (Å²) in [5.74, 6) is 0. The molecule has 0 aliphatic heterocycles. The number of allylic oxidation sites excluding steroid dienone is 4. The van der Waals surface area contributed by atoms with Crippen LogP contribution >= 0.6 is 0 Å². The van der Waals surface area contributed by atoms with E-state index in [1.165, 1.54) is 111 Å². The van der Waals surface area contributed by atoms with Gasteiger partial charge in [-0.05, 0) is 117 Å². The molecule has 0 saturated heterocycles. The second-order valence-corrected chi connectivity index (χ2v) is 15.1. The maximum atomic E-state index is 2.54. The molecule has 2 aromatic heterocycles. The lowest BCUT2D eigenvalue weighted by Gasteiger charge is -2.15. The van der Waals surface area contributed by atoms with E-state index in [0.717, 1.165) is 25.7 Å². The van der Waals surface area contributed by atoms with Crippen LogP contribution in [-0.4, -0.2) is 9.13 Å². The summed E-state index contributed by atoms with van der Waals surface area (Å²) in [5, 5.41) is 5.15. The van der Waals surface area contributed by atoms with Crippen molar-refractivity contribution in [1.82, 2.24) is 9.13 Å². The van der Waals surface area contributed by atoms with Crippen molar-refractivity contribution in [2.45, 2.75) is 25.7 Å². The van der Waals surface area contributed by atoms with Crippen LogP contribution in [0.4, 0.5) is 0 Å². The highest BCUT2D eigenvalue weighted by atomic mass is 15.0. The number of hydrogen-bond donors (Lipinski definition) is 0. The van der Waals surface area contributed by atoms with Crippen LogP contribution < -0.4 is 0 Å². The molecule has 2 heterocycles. The normalized spacial score (nSPS) is 14.3. The highest BCUT2D eigenvalue weighted by Gasteiger charge is 2.25. The largest absolute Gasteiger partial charge is 0.314 e. The number of rotatable bonds is 4. The van der Waals surface area contributed by atoms with Gasteiger partial charge in [-0.3, -0.25) is 0 Å². The fourth-order valence-corrected chi connectivity index (χ4v) is 9.92. The Morgan fingerprint density at radius 1 is 0.519 bits per heavy atom. The summed E-state index contributed by atoms with van der Waals surface area (Å²) in [4.78, 5) is 0. The first-order valence-electron chi connectivity index (χ1n) is 19.2. The summed E-state index contributed by atoms with van der Waals surface area (Å²) >= 11 is 0. The Labute approximate surface area is 314 Å². The van der Waals surface area contributed by atoms with Crippen LogP contribution in [0.15, 0.2) is 158 Å². The molecule has 9 aromatic rings. The molecule has 3 aliphatic carbocycles. The minimum Gasteiger partial charge on any atom is -0.314 e.